The van der Waals surface area contributed by atoms with Crippen LogP contribution >= 0.6 is 0 Å². The Hall–Kier alpha value is -2.57. The number of piperidine rings is 1. The van der Waals surface area contributed by atoms with E-state index in [4.69, 9.17) is 4.74 Å². The highest BCUT2D eigenvalue weighted by molar-refractivity contribution is 5.79. The average molecular weight is 411 g/mol. The maximum Gasteiger partial charge on any atom is 0.191 e. The van der Waals surface area contributed by atoms with E-state index in [1.165, 1.54) is 16.7 Å². The summed E-state index contributed by atoms with van der Waals surface area (Å²) in [6.45, 7) is 6.93. The summed E-state index contributed by atoms with van der Waals surface area (Å²) in [5.74, 6) is 1.64. The molecule has 1 aliphatic rings. The van der Waals surface area contributed by atoms with Crippen LogP contribution in [0.5, 0.6) is 5.75 Å². The molecule has 3 rings (SSSR count). The van der Waals surface area contributed by atoms with Gasteiger partial charge in [-0.1, -0.05) is 42.0 Å². The summed E-state index contributed by atoms with van der Waals surface area (Å²) < 4.78 is 5.74. The van der Waals surface area contributed by atoms with E-state index in [0.29, 0.717) is 19.7 Å². The van der Waals surface area contributed by atoms with Gasteiger partial charge in [-0.2, -0.15) is 0 Å². The molecule has 0 spiro atoms. The fourth-order valence-corrected chi connectivity index (χ4v) is 3.48. The molecular formula is C24H34N4O2. The number of aliphatic hydroxyl groups excluding tert-OH is 1. The molecule has 1 fully saturated rings. The van der Waals surface area contributed by atoms with Crippen LogP contribution < -0.4 is 15.4 Å². The molecule has 1 aliphatic heterocycles. The van der Waals surface area contributed by atoms with E-state index >= 15 is 0 Å². The number of hydrogen-bond donors (Lipinski definition) is 3. The number of nitrogens with one attached hydrogen (secondary N) is 2. The van der Waals surface area contributed by atoms with Gasteiger partial charge in [0.15, 0.2) is 5.96 Å². The molecule has 0 bridgehead atoms. The van der Waals surface area contributed by atoms with Crippen LogP contribution in [0.4, 0.5) is 0 Å². The average Bonchev–Trinajstić information content (AvgIpc) is 2.77. The number of ether oxygens (including phenoxy) is 1. The van der Waals surface area contributed by atoms with Gasteiger partial charge in [0, 0.05) is 33.2 Å². The predicted octanol–water partition coefficient (Wildman–Crippen LogP) is 2.70. The van der Waals surface area contributed by atoms with Crippen molar-refractivity contribution in [3.05, 3.63) is 65.2 Å². The largest absolute Gasteiger partial charge is 0.492 e. The number of likely N-dealkylation sites (tertiary alicyclic amines) is 1. The van der Waals surface area contributed by atoms with E-state index < -0.39 is 0 Å². The van der Waals surface area contributed by atoms with Gasteiger partial charge in [-0.15, -0.1) is 0 Å². The zero-order chi connectivity index (χ0) is 21.2. The molecule has 6 nitrogen and oxygen atoms in total. The summed E-state index contributed by atoms with van der Waals surface area (Å²) in [6, 6.07) is 16.8. The number of hydrogen-bond acceptors (Lipinski definition) is 4. The molecule has 0 radical (unpaired) electrons. The highest BCUT2D eigenvalue weighted by Gasteiger charge is 2.16. The van der Waals surface area contributed by atoms with Gasteiger partial charge in [0.25, 0.3) is 0 Å². The minimum absolute atomic E-state index is 0.119. The smallest absolute Gasteiger partial charge is 0.191 e. The maximum absolute atomic E-state index is 9.63. The van der Waals surface area contributed by atoms with Crippen molar-refractivity contribution in [3.63, 3.8) is 0 Å². The van der Waals surface area contributed by atoms with Gasteiger partial charge < -0.3 is 20.5 Å². The summed E-state index contributed by atoms with van der Waals surface area (Å²) in [4.78, 5) is 6.68. The van der Waals surface area contributed by atoms with Crippen molar-refractivity contribution in [2.45, 2.75) is 39.0 Å². The Morgan fingerprint density at radius 1 is 1.03 bits per heavy atom. The van der Waals surface area contributed by atoms with E-state index in [1.807, 2.05) is 24.3 Å². The van der Waals surface area contributed by atoms with Crippen LogP contribution in [-0.2, 0) is 13.1 Å². The lowest BCUT2D eigenvalue weighted by molar-refractivity contribution is 0.0792. The first-order chi connectivity index (χ1) is 14.6. The van der Waals surface area contributed by atoms with Gasteiger partial charge in [0.1, 0.15) is 12.4 Å². The van der Waals surface area contributed by atoms with Crippen LogP contribution in [0.25, 0.3) is 0 Å². The first kappa shape index (κ1) is 22.1. The monoisotopic (exact) mass is 410 g/mol. The van der Waals surface area contributed by atoms with Crippen molar-refractivity contribution < 1.29 is 9.84 Å². The lowest BCUT2D eigenvalue weighted by Crippen LogP contribution is -2.38. The van der Waals surface area contributed by atoms with Crippen LogP contribution in [0.15, 0.2) is 53.5 Å². The molecule has 162 valence electrons. The van der Waals surface area contributed by atoms with Crippen molar-refractivity contribution in [2.75, 3.05) is 33.3 Å². The van der Waals surface area contributed by atoms with Gasteiger partial charge >= 0.3 is 0 Å². The Labute approximate surface area is 180 Å². The number of aliphatic imine (C=N–C) groups is 1. The Morgan fingerprint density at radius 3 is 2.37 bits per heavy atom. The summed E-state index contributed by atoms with van der Waals surface area (Å²) in [5, 5.41) is 16.2. The number of nitrogens with zero attached hydrogens (tertiary/aromatic N) is 2. The molecule has 0 atom stereocenters. The molecule has 2 aromatic rings. The van der Waals surface area contributed by atoms with Gasteiger partial charge in [0.2, 0.25) is 0 Å². The van der Waals surface area contributed by atoms with Crippen LogP contribution in [-0.4, -0.2) is 55.4 Å². The number of guanidine groups is 1. The SMILES string of the molecule is CN=C(NCCOc1ccc(C)cc1)NCc1ccc(CN2CCC(O)CC2)cc1. The van der Waals surface area contributed by atoms with Crippen molar-refractivity contribution in [1.29, 1.82) is 0 Å². The molecule has 2 aromatic carbocycles. The zero-order valence-electron chi connectivity index (χ0n) is 18.1. The van der Waals surface area contributed by atoms with Crippen molar-refractivity contribution in [1.82, 2.24) is 15.5 Å². The molecule has 0 aliphatic carbocycles. The summed E-state index contributed by atoms with van der Waals surface area (Å²) in [7, 11) is 1.77. The van der Waals surface area contributed by atoms with Crippen molar-refractivity contribution in [3.8, 4) is 5.75 Å². The highest BCUT2D eigenvalue weighted by Crippen LogP contribution is 2.14. The molecular weight excluding hydrogens is 376 g/mol. The topological polar surface area (TPSA) is 69.1 Å². The summed E-state index contributed by atoms with van der Waals surface area (Å²) in [6.07, 6.45) is 1.64. The second-order valence-electron chi connectivity index (χ2n) is 7.84. The molecule has 1 heterocycles. The standard InChI is InChI=1S/C24H34N4O2/c1-19-3-9-23(10-4-19)30-16-13-26-24(25-2)27-17-20-5-7-21(8-6-20)18-28-14-11-22(29)12-15-28/h3-10,22,29H,11-18H2,1-2H3,(H2,25,26,27). The Kier molecular flexibility index (Phi) is 8.53. The number of rotatable bonds is 8. The Bertz CT molecular complexity index is 782. The summed E-state index contributed by atoms with van der Waals surface area (Å²) in [5.41, 5.74) is 3.75. The first-order valence-corrected chi connectivity index (χ1v) is 10.7. The third-order valence-corrected chi connectivity index (χ3v) is 5.35. The fourth-order valence-electron chi connectivity index (χ4n) is 3.48. The normalized spacial score (nSPS) is 15.8. The van der Waals surface area contributed by atoms with Crippen LogP contribution in [0, 0.1) is 6.92 Å². The van der Waals surface area contributed by atoms with Gasteiger partial charge in [-0.25, -0.2) is 0 Å². The second-order valence-corrected chi connectivity index (χ2v) is 7.84. The number of aryl methyl sites for hydroxylation is 1. The molecule has 0 aromatic heterocycles. The molecule has 1 saturated heterocycles. The first-order valence-electron chi connectivity index (χ1n) is 10.7. The van der Waals surface area contributed by atoms with Crippen LogP contribution in [0.1, 0.15) is 29.5 Å². The van der Waals surface area contributed by atoms with E-state index in [9.17, 15) is 5.11 Å². The van der Waals surface area contributed by atoms with Gasteiger partial charge in [0.05, 0.1) is 12.6 Å². The maximum atomic E-state index is 9.63. The molecule has 3 N–H and O–H groups in total. The Balaban J connectivity index is 1.35. The summed E-state index contributed by atoms with van der Waals surface area (Å²) >= 11 is 0. The van der Waals surface area contributed by atoms with Gasteiger partial charge in [-0.3, -0.25) is 9.89 Å². The van der Waals surface area contributed by atoms with E-state index in [0.717, 1.165) is 44.2 Å². The number of benzene rings is 2. The lowest BCUT2D eigenvalue weighted by atomic mass is 10.1. The van der Waals surface area contributed by atoms with E-state index in [-0.39, 0.29) is 6.10 Å². The second kappa shape index (κ2) is 11.6. The molecule has 0 amide bonds. The minimum Gasteiger partial charge on any atom is -0.492 e. The third kappa shape index (κ3) is 7.35. The highest BCUT2D eigenvalue weighted by atomic mass is 16.5. The fraction of sp³-hybridized carbons (Fsp3) is 0.458. The lowest BCUT2D eigenvalue weighted by Gasteiger charge is -2.29. The quantitative estimate of drug-likeness (QED) is 0.355. The Morgan fingerprint density at radius 2 is 1.70 bits per heavy atom. The molecule has 30 heavy (non-hydrogen) atoms. The minimum atomic E-state index is -0.119. The number of aliphatic hydroxyl groups is 1. The van der Waals surface area contributed by atoms with Crippen LogP contribution in [0.3, 0.4) is 0 Å². The van der Waals surface area contributed by atoms with Crippen molar-refractivity contribution in [2.24, 2.45) is 4.99 Å². The van der Waals surface area contributed by atoms with E-state index in [1.54, 1.807) is 7.05 Å². The molecule has 0 unspecified atom stereocenters. The van der Waals surface area contributed by atoms with Gasteiger partial charge in [-0.05, 0) is 43.0 Å². The van der Waals surface area contributed by atoms with Crippen LogP contribution in [0.2, 0.25) is 0 Å². The third-order valence-electron chi connectivity index (χ3n) is 5.35. The predicted molar refractivity (Wildman–Crippen MR) is 122 cm³/mol. The zero-order valence-corrected chi connectivity index (χ0v) is 18.1. The van der Waals surface area contributed by atoms with Crippen molar-refractivity contribution >= 4 is 5.96 Å². The van der Waals surface area contributed by atoms with E-state index in [2.05, 4.69) is 51.7 Å². The molecule has 0 saturated carbocycles. The molecule has 6 heteroatoms.